The molecule has 0 aromatic rings. The maximum Gasteiger partial charge on any atom is 0.0590 e. The molecule has 0 amide bonds. The molecule has 0 heterocycles. The molecule has 0 bridgehead atoms. The van der Waals surface area contributed by atoms with E-state index in [2.05, 4.69) is 12.2 Å². The predicted octanol–water partition coefficient (Wildman–Crippen LogP) is 2.83. The van der Waals surface area contributed by atoms with Gasteiger partial charge in [0.1, 0.15) is 0 Å². The van der Waals surface area contributed by atoms with Gasteiger partial charge in [0.2, 0.25) is 0 Å². The Labute approximate surface area is 94.8 Å². The van der Waals surface area contributed by atoms with Crippen molar-refractivity contribution in [3.8, 4) is 0 Å². The van der Waals surface area contributed by atoms with Crippen molar-refractivity contribution in [1.82, 2.24) is 5.32 Å². The summed E-state index contributed by atoms with van der Waals surface area (Å²) < 4.78 is 5.28. The minimum absolute atomic E-state index is 0.836. The second-order valence-corrected chi connectivity index (χ2v) is 4.86. The molecule has 2 nitrogen and oxygen atoms in total. The van der Waals surface area contributed by atoms with Crippen molar-refractivity contribution in [2.24, 2.45) is 11.8 Å². The summed E-state index contributed by atoms with van der Waals surface area (Å²) >= 11 is 0. The van der Waals surface area contributed by atoms with Crippen molar-refractivity contribution in [3.05, 3.63) is 0 Å². The zero-order chi connectivity index (χ0) is 10.9. The molecular weight excluding hydrogens is 186 g/mol. The Morgan fingerprint density at radius 2 is 1.87 bits per heavy atom. The molecule has 0 aliphatic heterocycles. The van der Waals surface area contributed by atoms with Gasteiger partial charge in [-0.2, -0.15) is 0 Å². The smallest absolute Gasteiger partial charge is 0.0590 e. The molecule has 1 saturated carbocycles. The highest BCUT2D eigenvalue weighted by molar-refractivity contribution is 4.70. The Hall–Kier alpha value is -0.0800. The maximum atomic E-state index is 5.28. The largest absolute Gasteiger partial charge is 0.380 e. The number of hydrogen-bond acceptors (Lipinski definition) is 2. The van der Waals surface area contributed by atoms with Crippen molar-refractivity contribution in [2.45, 2.75) is 46.0 Å². The van der Waals surface area contributed by atoms with Gasteiger partial charge in [0.05, 0.1) is 6.61 Å². The SMILES string of the molecule is CCOCCNCCC1CCC(C)CC1. The molecular formula is C13H27NO. The van der Waals surface area contributed by atoms with Gasteiger partial charge in [0.25, 0.3) is 0 Å². The molecule has 1 rings (SSSR count). The molecule has 0 aromatic heterocycles. The van der Waals surface area contributed by atoms with Crippen LogP contribution in [0.25, 0.3) is 0 Å². The molecule has 0 atom stereocenters. The molecule has 2 heteroatoms. The Balaban J connectivity index is 1.87. The summed E-state index contributed by atoms with van der Waals surface area (Å²) in [7, 11) is 0. The third-order valence-electron chi connectivity index (χ3n) is 3.49. The Morgan fingerprint density at radius 3 is 2.53 bits per heavy atom. The molecule has 0 spiro atoms. The van der Waals surface area contributed by atoms with E-state index in [-0.39, 0.29) is 0 Å². The van der Waals surface area contributed by atoms with Gasteiger partial charge in [-0.3, -0.25) is 0 Å². The maximum absolute atomic E-state index is 5.28. The van der Waals surface area contributed by atoms with Crippen LogP contribution in [-0.4, -0.2) is 26.3 Å². The van der Waals surface area contributed by atoms with E-state index in [4.69, 9.17) is 4.74 Å². The lowest BCUT2D eigenvalue weighted by Gasteiger charge is -2.26. The zero-order valence-corrected chi connectivity index (χ0v) is 10.4. The van der Waals surface area contributed by atoms with Crippen LogP contribution >= 0.6 is 0 Å². The fourth-order valence-corrected chi connectivity index (χ4v) is 2.34. The average molecular weight is 213 g/mol. The van der Waals surface area contributed by atoms with Crippen LogP contribution in [-0.2, 0) is 4.74 Å². The molecule has 1 aliphatic rings. The first-order valence-electron chi connectivity index (χ1n) is 6.61. The number of ether oxygens (including phenoxy) is 1. The van der Waals surface area contributed by atoms with Gasteiger partial charge in [0.15, 0.2) is 0 Å². The van der Waals surface area contributed by atoms with Crippen LogP contribution in [0.4, 0.5) is 0 Å². The lowest BCUT2D eigenvalue weighted by molar-refractivity contribution is 0.148. The van der Waals surface area contributed by atoms with Crippen LogP contribution in [0.5, 0.6) is 0 Å². The van der Waals surface area contributed by atoms with Gasteiger partial charge < -0.3 is 10.1 Å². The first kappa shape index (κ1) is 13.0. The Morgan fingerprint density at radius 1 is 1.13 bits per heavy atom. The molecule has 0 aromatic carbocycles. The summed E-state index contributed by atoms with van der Waals surface area (Å²) in [5.74, 6) is 1.97. The topological polar surface area (TPSA) is 21.3 Å². The second-order valence-electron chi connectivity index (χ2n) is 4.86. The van der Waals surface area contributed by atoms with Crippen LogP contribution in [0.3, 0.4) is 0 Å². The lowest BCUT2D eigenvalue weighted by atomic mass is 9.81. The third-order valence-corrected chi connectivity index (χ3v) is 3.49. The standard InChI is InChI=1S/C13H27NO/c1-3-15-11-10-14-9-8-13-6-4-12(2)5-7-13/h12-14H,3-11H2,1-2H3. The summed E-state index contributed by atoms with van der Waals surface area (Å²) in [6, 6.07) is 0. The van der Waals surface area contributed by atoms with Crippen molar-refractivity contribution in [2.75, 3.05) is 26.3 Å². The molecule has 15 heavy (non-hydrogen) atoms. The molecule has 1 aliphatic carbocycles. The number of hydrogen-bond donors (Lipinski definition) is 1. The summed E-state index contributed by atoms with van der Waals surface area (Å²) in [5, 5.41) is 3.45. The fraction of sp³-hybridized carbons (Fsp3) is 1.00. The highest BCUT2D eigenvalue weighted by Gasteiger charge is 2.17. The molecule has 1 fully saturated rings. The summed E-state index contributed by atoms with van der Waals surface area (Å²) in [5.41, 5.74) is 0. The van der Waals surface area contributed by atoms with Crippen LogP contribution < -0.4 is 5.32 Å². The van der Waals surface area contributed by atoms with Gasteiger partial charge in [-0.15, -0.1) is 0 Å². The van der Waals surface area contributed by atoms with Crippen molar-refractivity contribution < 1.29 is 4.74 Å². The quantitative estimate of drug-likeness (QED) is 0.657. The highest BCUT2D eigenvalue weighted by Crippen LogP contribution is 2.29. The monoisotopic (exact) mass is 213 g/mol. The van der Waals surface area contributed by atoms with E-state index in [9.17, 15) is 0 Å². The minimum Gasteiger partial charge on any atom is -0.380 e. The first-order valence-corrected chi connectivity index (χ1v) is 6.61. The minimum atomic E-state index is 0.836. The van der Waals surface area contributed by atoms with Crippen molar-refractivity contribution in [1.29, 1.82) is 0 Å². The molecule has 90 valence electrons. The van der Waals surface area contributed by atoms with E-state index < -0.39 is 0 Å². The van der Waals surface area contributed by atoms with E-state index >= 15 is 0 Å². The Bertz CT molecular complexity index is 141. The average Bonchev–Trinajstić information content (AvgIpc) is 2.26. The molecule has 0 unspecified atom stereocenters. The van der Waals surface area contributed by atoms with Crippen molar-refractivity contribution in [3.63, 3.8) is 0 Å². The molecule has 0 saturated heterocycles. The van der Waals surface area contributed by atoms with Crippen LogP contribution in [0.1, 0.15) is 46.0 Å². The summed E-state index contributed by atoms with van der Waals surface area (Å²) in [6.45, 7) is 8.31. The van der Waals surface area contributed by atoms with Crippen LogP contribution in [0, 0.1) is 11.8 Å². The van der Waals surface area contributed by atoms with Crippen molar-refractivity contribution >= 4 is 0 Å². The van der Waals surface area contributed by atoms with Gasteiger partial charge >= 0.3 is 0 Å². The highest BCUT2D eigenvalue weighted by atomic mass is 16.5. The summed E-state index contributed by atoms with van der Waals surface area (Å²) in [4.78, 5) is 0. The van der Waals surface area contributed by atoms with Crippen LogP contribution in [0.2, 0.25) is 0 Å². The zero-order valence-electron chi connectivity index (χ0n) is 10.4. The normalized spacial score (nSPS) is 26.8. The first-order chi connectivity index (χ1) is 7.33. The van der Waals surface area contributed by atoms with Gasteiger partial charge in [-0.05, 0) is 31.7 Å². The number of nitrogens with one attached hydrogen (secondary N) is 1. The Kier molecular flexibility index (Phi) is 7.03. The predicted molar refractivity (Wildman–Crippen MR) is 65.1 cm³/mol. The van der Waals surface area contributed by atoms with E-state index in [0.29, 0.717) is 0 Å². The van der Waals surface area contributed by atoms with Gasteiger partial charge in [-0.1, -0.05) is 32.6 Å². The van der Waals surface area contributed by atoms with Gasteiger partial charge in [-0.25, -0.2) is 0 Å². The van der Waals surface area contributed by atoms with Gasteiger partial charge in [0, 0.05) is 13.2 Å². The van der Waals surface area contributed by atoms with E-state index in [1.165, 1.54) is 38.6 Å². The second kappa shape index (κ2) is 8.12. The van der Waals surface area contributed by atoms with Crippen LogP contribution in [0.15, 0.2) is 0 Å². The molecule has 0 radical (unpaired) electrons. The summed E-state index contributed by atoms with van der Waals surface area (Å²) in [6.07, 6.45) is 7.16. The van der Waals surface area contributed by atoms with E-state index in [0.717, 1.165) is 31.6 Å². The number of rotatable bonds is 7. The van der Waals surface area contributed by atoms with E-state index in [1.54, 1.807) is 0 Å². The third kappa shape index (κ3) is 6.16. The molecule has 1 N–H and O–H groups in total. The lowest BCUT2D eigenvalue weighted by Crippen LogP contribution is -2.24. The fourth-order valence-electron chi connectivity index (χ4n) is 2.34. The van der Waals surface area contributed by atoms with E-state index in [1.807, 2.05) is 6.92 Å².